The molecule has 1 aliphatic rings. The number of hydrogen-bond donors (Lipinski definition) is 1. The van der Waals surface area contributed by atoms with E-state index in [1.807, 2.05) is 59.5 Å². The number of aromatic nitrogens is 3. The van der Waals surface area contributed by atoms with Crippen LogP contribution in [0.1, 0.15) is 10.4 Å². The van der Waals surface area contributed by atoms with E-state index >= 15 is 0 Å². The molecule has 0 unspecified atom stereocenters. The fraction of sp³-hybridized carbons (Fsp3) is 0.167. The van der Waals surface area contributed by atoms with Crippen LogP contribution in [0.2, 0.25) is 10.3 Å². The molecule has 0 atom stereocenters. The highest BCUT2D eigenvalue weighted by molar-refractivity contribution is 6.31. The van der Waals surface area contributed by atoms with Crippen LogP contribution in [0, 0.1) is 0 Å². The van der Waals surface area contributed by atoms with E-state index in [1.165, 1.54) is 0 Å². The van der Waals surface area contributed by atoms with Crippen molar-refractivity contribution in [1.29, 1.82) is 0 Å². The molecular formula is C24H20Cl2N6O. The molecular weight excluding hydrogens is 459 g/mol. The van der Waals surface area contributed by atoms with Gasteiger partial charge in [-0.1, -0.05) is 11.6 Å². The van der Waals surface area contributed by atoms with Crippen LogP contribution in [0.4, 0.5) is 17.2 Å². The zero-order chi connectivity index (χ0) is 22.8. The van der Waals surface area contributed by atoms with Crippen LogP contribution in [0.15, 0.2) is 67.0 Å². The quantitative estimate of drug-likeness (QED) is 0.414. The van der Waals surface area contributed by atoms with Crippen molar-refractivity contribution in [3.05, 3.63) is 82.9 Å². The summed E-state index contributed by atoms with van der Waals surface area (Å²) in [7, 11) is 0. The first-order valence-corrected chi connectivity index (χ1v) is 11.3. The molecule has 7 nitrogen and oxygen atoms in total. The molecule has 0 bridgehead atoms. The molecule has 1 amide bonds. The van der Waals surface area contributed by atoms with Crippen molar-refractivity contribution in [2.24, 2.45) is 0 Å². The summed E-state index contributed by atoms with van der Waals surface area (Å²) in [6.07, 6.45) is 3.38. The van der Waals surface area contributed by atoms with Crippen molar-refractivity contribution in [3.63, 3.8) is 0 Å². The lowest BCUT2D eigenvalue weighted by Gasteiger charge is -2.35. The van der Waals surface area contributed by atoms with Gasteiger partial charge in [0.05, 0.1) is 5.52 Å². The van der Waals surface area contributed by atoms with E-state index in [0.29, 0.717) is 36.8 Å². The fourth-order valence-corrected chi connectivity index (χ4v) is 4.21. The number of nitrogens with one attached hydrogen (secondary N) is 1. The summed E-state index contributed by atoms with van der Waals surface area (Å²) in [5, 5.41) is 5.25. The Balaban J connectivity index is 1.24. The maximum Gasteiger partial charge on any atom is 0.253 e. The number of piperazine rings is 1. The van der Waals surface area contributed by atoms with Gasteiger partial charge in [0.1, 0.15) is 5.82 Å². The molecule has 33 heavy (non-hydrogen) atoms. The second kappa shape index (κ2) is 9.21. The standard InChI is InChI=1S/C24H20Cl2N6O/c25-17-3-6-19-20(7-9-27-21(19)15-17)29-18-4-1-16(2-5-18)23(33)32-13-11-31(12-14-32)22-8-10-28-24(26)30-22/h1-10,15H,11-14H2,(H,27,29). The summed E-state index contributed by atoms with van der Waals surface area (Å²) in [5.74, 6) is 0.800. The number of anilines is 3. The molecule has 0 radical (unpaired) electrons. The Morgan fingerprint density at radius 3 is 2.39 bits per heavy atom. The van der Waals surface area contributed by atoms with E-state index < -0.39 is 0 Å². The van der Waals surface area contributed by atoms with Crippen LogP contribution >= 0.6 is 23.2 Å². The number of rotatable bonds is 4. The summed E-state index contributed by atoms with van der Waals surface area (Å²) in [4.78, 5) is 29.5. The van der Waals surface area contributed by atoms with Crippen LogP contribution in [0.5, 0.6) is 0 Å². The molecule has 2 aromatic heterocycles. The van der Waals surface area contributed by atoms with Crippen molar-refractivity contribution in [1.82, 2.24) is 19.9 Å². The average molecular weight is 479 g/mol. The third-order valence-electron chi connectivity index (χ3n) is 5.62. The minimum Gasteiger partial charge on any atom is -0.355 e. The summed E-state index contributed by atoms with van der Waals surface area (Å²) in [5.41, 5.74) is 3.30. The Labute approximate surface area is 201 Å². The van der Waals surface area contributed by atoms with Crippen LogP contribution in [-0.4, -0.2) is 51.9 Å². The van der Waals surface area contributed by atoms with Gasteiger partial charge in [-0.3, -0.25) is 9.78 Å². The highest BCUT2D eigenvalue weighted by Crippen LogP contribution is 2.27. The Kier molecular flexibility index (Phi) is 5.98. The number of nitrogens with zero attached hydrogens (tertiary/aromatic N) is 5. The van der Waals surface area contributed by atoms with Crippen molar-refractivity contribution >= 4 is 57.2 Å². The number of carbonyl (C=O) groups is 1. The number of pyridine rings is 1. The summed E-state index contributed by atoms with van der Waals surface area (Å²) < 4.78 is 0. The SMILES string of the molecule is O=C(c1ccc(Nc2ccnc3cc(Cl)ccc23)cc1)N1CCN(c2ccnc(Cl)n2)CC1. The molecule has 4 aromatic rings. The van der Waals surface area contributed by atoms with Gasteiger partial charge in [0, 0.05) is 65.9 Å². The van der Waals surface area contributed by atoms with E-state index in [2.05, 4.69) is 25.2 Å². The van der Waals surface area contributed by atoms with Gasteiger partial charge < -0.3 is 15.1 Å². The molecule has 5 rings (SSSR count). The minimum absolute atomic E-state index is 0.0194. The number of amides is 1. The van der Waals surface area contributed by atoms with Gasteiger partial charge in [0.2, 0.25) is 5.28 Å². The molecule has 1 N–H and O–H groups in total. The first-order valence-electron chi connectivity index (χ1n) is 10.5. The lowest BCUT2D eigenvalue weighted by molar-refractivity contribution is 0.0746. The normalized spacial score (nSPS) is 13.9. The maximum absolute atomic E-state index is 13.0. The first-order chi connectivity index (χ1) is 16.1. The molecule has 1 fully saturated rings. The molecule has 166 valence electrons. The Morgan fingerprint density at radius 1 is 0.879 bits per heavy atom. The number of carbonyl (C=O) groups excluding carboxylic acids is 1. The summed E-state index contributed by atoms with van der Waals surface area (Å²) in [6, 6.07) is 16.9. The number of fused-ring (bicyclic) bond motifs is 1. The Hall–Kier alpha value is -3.42. The van der Waals surface area contributed by atoms with Gasteiger partial charge in [0.25, 0.3) is 5.91 Å². The minimum atomic E-state index is 0.0194. The van der Waals surface area contributed by atoms with Crippen LogP contribution in [-0.2, 0) is 0 Å². The third-order valence-corrected chi connectivity index (χ3v) is 6.04. The predicted octanol–water partition coefficient (Wildman–Crippen LogP) is 5.04. The van der Waals surface area contributed by atoms with Gasteiger partial charge in [-0.15, -0.1) is 0 Å². The Morgan fingerprint density at radius 2 is 1.64 bits per heavy atom. The first kappa shape index (κ1) is 21.4. The lowest BCUT2D eigenvalue weighted by atomic mass is 10.1. The maximum atomic E-state index is 13.0. The van der Waals surface area contributed by atoms with E-state index in [1.54, 1.807) is 12.4 Å². The third kappa shape index (κ3) is 4.69. The molecule has 1 aliphatic heterocycles. The highest BCUT2D eigenvalue weighted by atomic mass is 35.5. The topological polar surface area (TPSA) is 74.2 Å². The van der Waals surface area contributed by atoms with Crippen LogP contribution < -0.4 is 10.2 Å². The molecule has 2 aromatic carbocycles. The second-order valence-corrected chi connectivity index (χ2v) is 8.46. The van der Waals surface area contributed by atoms with Gasteiger partial charge in [-0.25, -0.2) is 9.97 Å². The van der Waals surface area contributed by atoms with Crippen molar-refractivity contribution < 1.29 is 4.79 Å². The average Bonchev–Trinajstić information content (AvgIpc) is 2.84. The smallest absolute Gasteiger partial charge is 0.253 e. The number of halogens is 2. The van der Waals surface area contributed by atoms with Gasteiger partial charge in [-0.05, 0) is 66.2 Å². The van der Waals surface area contributed by atoms with Crippen molar-refractivity contribution in [2.45, 2.75) is 0 Å². The zero-order valence-electron chi connectivity index (χ0n) is 17.6. The molecule has 9 heteroatoms. The van der Waals surface area contributed by atoms with Crippen LogP contribution in [0.25, 0.3) is 10.9 Å². The fourth-order valence-electron chi connectivity index (χ4n) is 3.91. The van der Waals surface area contributed by atoms with Gasteiger partial charge in [-0.2, -0.15) is 0 Å². The van der Waals surface area contributed by atoms with E-state index in [0.717, 1.165) is 28.1 Å². The molecule has 3 heterocycles. The lowest BCUT2D eigenvalue weighted by Crippen LogP contribution is -2.49. The number of hydrogen-bond acceptors (Lipinski definition) is 6. The number of benzene rings is 2. The van der Waals surface area contributed by atoms with Crippen LogP contribution in [0.3, 0.4) is 0 Å². The van der Waals surface area contributed by atoms with Gasteiger partial charge >= 0.3 is 0 Å². The Bertz CT molecular complexity index is 1310. The molecule has 0 aliphatic carbocycles. The van der Waals surface area contributed by atoms with Gasteiger partial charge in [0.15, 0.2) is 0 Å². The predicted molar refractivity (Wildman–Crippen MR) is 132 cm³/mol. The second-order valence-electron chi connectivity index (χ2n) is 7.69. The highest BCUT2D eigenvalue weighted by Gasteiger charge is 2.23. The molecule has 1 saturated heterocycles. The largest absolute Gasteiger partial charge is 0.355 e. The summed E-state index contributed by atoms with van der Waals surface area (Å²) >= 11 is 12.0. The monoisotopic (exact) mass is 478 g/mol. The van der Waals surface area contributed by atoms with E-state index in [4.69, 9.17) is 23.2 Å². The summed E-state index contributed by atoms with van der Waals surface area (Å²) in [6.45, 7) is 2.62. The molecule has 0 saturated carbocycles. The van der Waals surface area contributed by atoms with E-state index in [-0.39, 0.29) is 11.2 Å². The van der Waals surface area contributed by atoms with Crippen molar-refractivity contribution in [2.75, 3.05) is 36.4 Å². The van der Waals surface area contributed by atoms with Crippen molar-refractivity contribution in [3.8, 4) is 0 Å². The zero-order valence-corrected chi connectivity index (χ0v) is 19.1. The van der Waals surface area contributed by atoms with E-state index in [9.17, 15) is 4.79 Å². The molecule has 0 spiro atoms.